The number of carbonyl (C=O) groups is 3. The van der Waals surface area contributed by atoms with E-state index < -0.39 is 4.92 Å². The molecule has 3 amide bonds. The van der Waals surface area contributed by atoms with Gasteiger partial charge in [0.15, 0.2) is 0 Å². The number of nitro benzene ring substituents is 1. The van der Waals surface area contributed by atoms with Gasteiger partial charge in [-0.15, -0.1) is 0 Å². The molecule has 166 valence electrons. The molecule has 2 saturated heterocycles. The van der Waals surface area contributed by atoms with E-state index in [2.05, 4.69) is 0 Å². The summed E-state index contributed by atoms with van der Waals surface area (Å²) in [6, 6.07) is 4.52. The highest BCUT2D eigenvalue weighted by atomic mass is 16.6. The Bertz CT molecular complexity index is 887. The van der Waals surface area contributed by atoms with E-state index >= 15 is 0 Å². The fourth-order valence-corrected chi connectivity index (χ4v) is 4.83. The van der Waals surface area contributed by atoms with Crippen LogP contribution in [0.4, 0.5) is 21.9 Å². The van der Waals surface area contributed by atoms with Gasteiger partial charge in [0.25, 0.3) is 5.69 Å². The number of piperazine rings is 1. The number of anilines is 2. The van der Waals surface area contributed by atoms with E-state index in [4.69, 9.17) is 4.74 Å². The van der Waals surface area contributed by atoms with E-state index in [9.17, 15) is 24.5 Å². The SMILES string of the molecule is CCOC(=O)N1CCN(c2ccc(N3C(=O)[C@@H]4CCCC[C@H]4C3=O)cc2[N+](=O)[O-])CC1. The molecule has 2 aliphatic heterocycles. The van der Waals surface area contributed by atoms with E-state index in [1.54, 1.807) is 24.0 Å². The molecule has 0 N–H and O–H groups in total. The molecule has 0 aromatic heterocycles. The highest BCUT2D eigenvalue weighted by molar-refractivity contribution is 6.22. The van der Waals surface area contributed by atoms with Crippen molar-refractivity contribution in [3.05, 3.63) is 28.3 Å². The van der Waals surface area contributed by atoms with Gasteiger partial charge in [0, 0.05) is 32.2 Å². The molecule has 10 nitrogen and oxygen atoms in total. The zero-order chi connectivity index (χ0) is 22.1. The van der Waals surface area contributed by atoms with Crippen LogP contribution in [-0.4, -0.2) is 60.5 Å². The lowest BCUT2D eigenvalue weighted by Crippen LogP contribution is -2.49. The molecule has 3 fully saturated rings. The number of ether oxygens (including phenoxy) is 1. The number of hydrogen-bond acceptors (Lipinski definition) is 7. The molecule has 2 heterocycles. The Morgan fingerprint density at radius 3 is 2.26 bits per heavy atom. The monoisotopic (exact) mass is 430 g/mol. The maximum Gasteiger partial charge on any atom is 0.409 e. The summed E-state index contributed by atoms with van der Waals surface area (Å²) < 4.78 is 5.01. The second-order valence-corrected chi connectivity index (χ2v) is 8.11. The summed E-state index contributed by atoms with van der Waals surface area (Å²) in [4.78, 5) is 53.4. The fraction of sp³-hybridized carbons (Fsp3) is 0.571. The van der Waals surface area contributed by atoms with Crippen molar-refractivity contribution in [3.8, 4) is 0 Å². The Morgan fingerprint density at radius 1 is 1.10 bits per heavy atom. The van der Waals surface area contributed by atoms with E-state index in [0.717, 1.165) is 17.7 Å². The van der Waals surface area contributed by atoms with Crippen molar-refractivity contribution < 1.29 is 24.0 Å². The van der Waals surface area contributed by atoms with Gasteiger partial charge >= 0.3 is 6.09 Å². The van der Waals surface area contributed by atoms with Crippen LogP contribution >= 0.6 is 0 Å². The highest BCUT2D eigenvalue weighted by Crippen LogP contribution is 2.42. The van der Waals surface area contributed by atoms with Crippen LogP contribution in [0.25, 0.3) is 0 Å². The molecule has 0 spiro atoms. The molecule has 4 rings (SSSR count). The van der Waals surface area contributed by atoms with Crippen molar-refractivity contribution in [3.63, 3.8) is 0 Å². The molecule has 0 bridgehead atoms. The summed E-state index contributed by atoms with van der Waals surface area (Å²) in [5, 5.41) is 11.8. The topological polar surface area (TPSA) is 113 Å². The highest BCUT2D eigenvalue weighted by Gasteiger charge is 2.49. The van der Waals surface area contributed by atoms with Gasteiger partial charge in [-0.2, -0.15) is 0 Å². The van der Waals surface area contributed by atoms with Crippen LogP contribution in [0.2, 0.25) is 0 Å². The lowest BCUT2D eigenvalue weighted by atomic mass is 9.81. The van der Waals surface area contributed by atoms with Gasteiger partial charge in [-0.25, -0.2) is 9.69 Å². The molecule has 0 unspecified atom stereocenters. The molecule has 1 aromatic carbocycles. The van der Waals surface area contributed by atoms with Crippen molar-refractivity contribution in [2.45, 2.75) is 32.6 Å². The van der Waals surface area contributed by atoms with E-state index in [1.807, 2.05) is 4.90 Å². The summed E-state index contributed by atoms with van der Waals surface area (Å²) in [7, 11) is 0. The number of rotatable bonds is 4. The second-order valence-electron chi connectivity index (χ2n) is 8.11. The lowest BCUT2D eigenvalue weighted by Gasteiger charge is -2.35. The van der Waals surface area contributed by atoms with Crippen LogP contribution in [0.1, 0.15) is 32.6 Å². The molecule has 10 heteroatoms. The zero-order valence-electron chi connectivity index (χ0n) is 17.5. The van der Waals surface area contributed by atoms with Crippen LogP contribution < -0.4 is 9.80 Å². The quantitative estimate of drug-likeness (QED) is 0.410. The first-order chi connectivity index (χ1) is 14.9. The molecule has 31 heavy (non-hydrogen) atoms. The first-order valence-electron chi connectivity index (χ1n) is 10.7. The third kappa shape index (κ3) is 3.82. The van der Waals surface area contributed by atoms with Gasteiger partial charge in [-0.3, -0.25) is 19.7 Å². The zero-order valence-corrected chi connectivity index (χ0v) is 17.5. The molecule has 3 aliphatic rings. The molecule has 2 atom stereocenters. The van der Waals surface area contributed by atoms with Gasteiger partial charge in [0.05, 0.1) is 29.1 Å². The number of hydrogen-bond donors (Lipinski definition) is 0. The van der Waals surface area contributed by atoms with Crippen molar-refractivity contribution >= 4 is 35.0 Å². The number of imide groups is 1. The molecular weight excluding hydrogens is 404 g/mol. The summed E-state index contributed by atoms with van der Waals surface area (Å²) in [6.45, 7) is 3.66. The van der Waals surface area contributed by atoms with Gasteiger partial charge in [-0.05, 0) is 31.9 Å². The summed E-state index contributed by atoms with van der Waals surface area (Å²) >= 11 is 0. The first kappa shape index (κ1) is 21.1. The van der Waals surface area contributed by atoms with Gasteiger partial charge in [0.2, 0.25) is 11.8 Å². The number of carbonyl (C=O) groups excluding carboxylic acids is 3. The van der Waals surface area contributed by atoms with Crippen molar-refractivity contribution in [1.29, 1.82) is 0 Å². The lowest BCUT2D eigenvalue weighted by molar-refractivity contribution is -0.384. The van der Waals surface area contributed by atoms with Gasteiger partial charge < -0.3 is 14.5 Å². The first-order valence-corrected chi connectivity index (χ1v) is 10.7. The third-order valence-electron chi connectivity index (χ3n) is 6.40. The predicted molar refractivity (Wildman–Crippen MR) is 112 cm³/mol. The minimum atomic E-state index is -0.491. The van der Waals surface area contributed by atoms with E-state index in [0.29, 0.717) is 51.3 Å². The third-order valence-corrected chi connectivity index (χ3v) is 6.40. The molecular formula is C21H26N4O6. The Kier molecular flexibility index (Phi) is 5.79. The summed E-state index contributed by atoms with van der Waals surface area (Å²) in [5.41, 5.74) is 0.510. The maximum absolute atomic E-state index is 12.8. The molecule has 1 saturated carbocycles. The van der Waals surface area contributed by atoms with Crippen LogP contribution in [-0.2, 0) is 14.3 Å². The number of fused-ring (bicyclic) bond motifs is 1. The fourth-order valence-electron chi connectivity index (χ4n) is 4.83. The largest absolute Gasteiger partial charge is 0.450 e. The number of nitro groups is 1. The maximum atomic E-state index is 12.8. The van der Waals surface area contributed by atoms with Gasteiger partial charge in [-0.1, -0.05) is 12.8 Å². The van der Waals surface area contributed by atoms with Crippen LogP contribution in [0.15, 0.2) is 18.2 Å². The normalized spacial score (nSPS) is 23.7. The summed E-state index contributed by atoms with van der Waals surface area (Å²) in [6.07, 6.45) is 2.84. The van der Waals surface area contributed by atoms with Crippen LogP contribution in [0.3, 0.4) is 0 Å². The average molecular weight is 430 g/mol. The van der Waals surface area contributed by atoms with Gasteiger partial charge in [0.1, 0.15) is 5.69 Å². The van der Waals surface area contributed by atoms with E-state index in [-0.39, 0.29) is 41.1 Å². The Balaban J connectivity index is 1.56. The standard InChI is InChI=1S/C21H26N4O6/c1-2-31-21(28)23-11-9-22(10-12-23)17-8-7-14(13-18(17)25(29)30)24-19(26)15-5-3-4-6-16(15)20(24)27/h7-8,13,15-16H,2-6,9-12H2,1H3/t15-,16-/m1/s1. The Labute approximate surface area is 179 Å². The Hall–Kier alpha value is -3.17. The predicted octanol–water partition coefficient (Wildman–Crippen LogP) is 2.55. The molecule has 1 aliphatic carbocycles. The number of amides is 3. The van der Waals surface area contributed by atoms with Crippen LogP contribution in [0, 0.1) is 22.0 Å². The molecule has 1 aromatic rings. The number of benzene rings is 1. The van der Waals surface area contributed by atoms with E-state index in [1.165, 1.54) is 6.07 Å². The number of nitrogens with zero attached hydrogens (tertiary/aromatic N) is 4. The minimum absolute atomic E-state index is 0.155. The van der Waals surface area contributed by atoms with Crippen molar-refractivity contribution in [2.75, 3.05) is 42.6 Å². The van der Waals surface area contributed by atoms with Crippen molar-refractivity contribution in [2.24, 2.45) is 11.8 Å². The Morgan fingerprint density at radius 2 is 1.71 bits per heavy atom. The van der Waals surface area contributed by atoms with Crippen LogP contribution in [0.5, 0.6) is 0 Å². The van der Waals surface area contributed by atoms with Crippen molar-refractivity contribution in [1.82, 2.24) is 4.90 Å². The summed E-state index contributed by atoms with van der Waals surface area (Å²) in [5.74, 6) is -1.12. The minimum Gasteiger partial charge on any atom is -0.450 e. The second kappa shape index (κ2) is 8.52. The molecule has 0 radical (unpaired) electrons. The average Bonchev–Trinajstić information content (AvgIpc) is 3.04. The smallest absolute Gasteiger partial charge is 0.409 e.